The summed E-state index contributed by atoms with van der Waals surface area (Å²) >= 11 is 0. The van der Waals surface area contributed by atoms with Crippen LogP contribution >= 0.6 is 0 Å². The van der Waals surface area contributed by atoms with E-state index in [-0.39, 0.29) is 6.61 Å². The molecule has 0 amide bonds. The van der Waals surface area contributed by atoms with E-state index >= 15 is 0 Å². The second-order valence-corrected chi connectivity index (χ2v) is 53.5. The van der Waals surface area contributed by atoms with Crippen LogP contribution < -0.4 is 20.7 Å². The van der Waals surface area contributed by atoms with E-state index in [0.29, 0.717) is 26.2 Å². The first-order valence-electron chi connectivity index (χ1n) is 33.2. The molecule has 0 spiro atoms. The third-order valence-electron chi connectivity index (χ3n) is 18.1. The van der Waals surface area contributed by atoms with Gasteiger partial charge in [-0.1, -0.05) is 262 Å². The molecule has 0 aliphatic rings. The average Bonchev–Trinajstić information content (AvgIpc) is 0.850. The molecule has 92 heavy (non-hydrogen) atoms. The van der Waals surface area contributed by atoms with Crippen molar-refractivity contribution >= 4 is 70.7 Å². The Labute approximate surface area is 558 Å². The SMILES string of the molecule is COC(F)(F)COCCC[Si](C)(C)c1ccc([Si](C)(C)CCCCCCCC[Si](OC)(OC)OC)cc1.COC(F)(F)F.CO[Si](CCCCCCCC[Si](C)(C)c1ccc([Si](C)(C)CCCOCC(F)(F)OCC(C)(C)c2ccc(C(C)C)cc2)cc1)(OC)OC. The van der Waals surface area contributed by atoms with E-state index in [1.807, 2.05) is 26.0 Å². The summed E-state index contributed by atoms with van der Waals surface area (Å²) < 4.78 is 143. The smallest absolute Gasteiger partial charge is 0.377 e. The number of unbranched alkanes of at least 4 members (excludes halogenated alkanes) is 10. The van der Waals surface area contributed by atoms with Crippen molar-refractivity contribution in [3.05, 3.63) is 83.9 Å². The molecular formula is C68H123F7O11Si6. The van der Waals surface area contributed by atoms with E-state index in [2.05, 4.69) is 136 Å². The molecule has 11 nitrogen and oxygen atoms in total. The Morgan fingerprint density at radius 2 is 0.620 bits per heavy atom. The van der Waals surface area contributed by atoms with Crippen molar-refractivity contribution < 1.29 is 81.0 Å². The van der Waals surface area contributed by atoms with Crippen LogP contribution in [0.25, 0.3) is 0 Å². The van der Waals surface area contributed by atoms with E-state index in [1.54, 1.807) is 42.7 Å². The van der Waals surface area contributed by atoms with E-state index in [1.165, 1.54) is 103 Å². The molecule has 3 aromatic carbocycles. The molecule has 0 aromatic heterocycles. The Hall–Kier alpha value is -1.97. The Morgan fingerprint density at radius 3 is 0.891 bits per heavy atom. The molecule has 3 rings (SSSR count). The third-order valence-corrected chi connectivity index (χ3v) is 37.7. The second kappa shape index (κ2) is 42.8. The van der Waals surface area contributed by atoms with Gasteiger partial charge in [0.25, 0.3) is 0 Å². The van der Waals surface area contributed by atoms with Gasteiger partial charge in [-0.3, -0.25) is 4.74 Å². The molecule has 24 heteroatoms. The predicted octanol–water partition coefficient (Wildman–Crippen LogP) is 17.4. The van der Waals surface area contributed by atoms with Crippen molar-refractivity contribution in [3.63, 3.8) is 0 Å². The summed E-state index contributed by atoms with van der Waals surface area (Å²) in [4.78, 5) is 0. The zero-order valence-electron chi connectivity index (χ0n) is 60.3. The van der Waals surface area contributed by atoms with Crippen LogP contribution in [0.5, 0.6) is 0 Å². The standard InChI is InChI=1S/C39H68F2O5Si3.C27H52F2O5Si3.C2H3F3O/c1-33(2)34-19-21-35(22-20-34)38(3,4)31-46-39(40,41)32-45-27-18-29-48(10,11)37-25-23-36(24-26-37)47(8,9)28-16-14-12-13-15-17-30-49(42-5,43-6)44-7;1-30-27(28,29)24-34-20-15-22-36(7,8)26-18-16-25(17-19-26)35(5,6)21-13-11-9-10-12-14-23-37(31-2,32-3)33-4;1-6-2(3,4)5/h19-26,33H,12-18,27-32H2,1-11H3;16-19H,9-15,20-24H2,1-8H3;1H3. The van der Waals surface area contributed by atoms with Crippen molar-refractivity contribution in [1.82, 2.24) is 0 Å². The highest BCUT2D eigenvalue weighted by atomic mass is 28.4. The Morgan fingerprint density at radius 1 is 0.348 bits per heavy atom. The lowest BCUT2D eigenvalue weighted by molar-refractivity contribution is -0.311. The fourth-order valence-electron chi connectivity index (χ4n) is 11.1. The van der Waals surface area contributed by atoms with Crippen molar-refractivity contribution in [1.29, 1.82) is 0 Å². The summed E-state index contributed by atoms with van der Waals surface area (Å²) in [5.41, 5.74) is 1.69. The summed E-state index contributed by atoms with van der Waals surface area (Å²) in [6.07, 6.45) is 5.29. The van der Waals surface area contributed by atoms with Gasteiger partial charge in [-0.05, 0) is 42.7 Å². The average molecular weight is 1420 g/mol. The number of benzene rings is 3. The van der Waals surface area contributed by atoms with Crippen molar-refractivity contribution in [3.8, 4) is 0 Å². The monoisotopic (exact) mass is 1420 g/mol. The first-order valence-corrected chi connectivity index (χ1v) is 49.9. The molecule has 0 bridgehead atoms. The minimum absolute atomic E-state index is 0.0808. The number of hydrogen-bond acceptors (Lipinski definition) is 11. The van der Waals surface area contributed by atoms with Gasteiger partial charge in [0.05, 0.1) is 38.9 Å². The van der Waals surface area contributed by atoms with Gasteiger partial charge in [0.1, 0.15) is 13.2 Å². The lowest BCUT2D eigenvalue weighted by Gasteiger charge is -2.28. The van der Waals surface area contributed by atoms with Crippen LogP contribution in [-0.2, 0) is 55.7 Å². The maximum absolute atomic E-state index is 14.6. The molecule has 0 radical (unpaired) electrons. The van der Waals surface area contributed by atoms with Gasteiger partial charge in [0.2, 0.25) is 0 Å². The Balaban J connectivity index is 0.000000871. The number of ether oxygens (including phenoxy) is 5. The van der Waals surface area contributed by atoms with Crippen LogP contribution in [0.15, 0.2) is 72.8 Å². The van der Waals surface area contributed by atoms with Crippen molar-refractivity contribution in [2.75, 3.05) is 89.9 Å². The molecular weight excluding hydrogens is 1290 g/mol. The van der Waals surface area contributed by atoms with Gasteiger partial charge in [0, 0.05) is 87.6 Å². The summed E-state index contributed by atoms with van der Waals surface area (Å²) in [7, 11) is 0.479. The van der Waals surface area contributed by atoms with E-state index < -0.39 is 87.1 Å². The molecule has 0 unspecified atom stereocenters. The molecule has 0 aliphatic heterocycles. The van der Waals surface area contributed by atoms with Crippen molar-refractivity contribution in [2.45, 2.75) is 236 Å². The number of alkyl halides is 7. The number of methoxy groups -OCH3 is 2. The van der Waals surface area contributed by atoms with Crippen LogP contribution in [-0.4, -0.2) is 158 Å². The van der Waals surface area contributed by atoms with Crippen LogP contribution in [0, 0.1) is 0 Å². The minimum atomic E-state index is -4.46. The van der Waals surface area contributed by atoms with Gasteiger partial charge < -0.3 is 45.5 Å². The fraction of sp³-hybridized carbons (Fsp3) is 0.735. The maximum Gasteiger partial charge on any atom is 0.522 e. The molecule has 3 aromatic rings. The fourth-order valence-corrected chi connectivity index (χ4v) is 24.4. The summed E-state index contributed by atoms with van der Waals surface area (Å²) in [5, 5.41) is 5.88. The van der Waals surface area contributed by atoms with Crippen LogP contribution in [0.1, 0.15) is 135 Å². The quantitative estimate of drug-likeness (QED) is 0.0307. The van der Waals surface area contributed by atoms with Gasteiger partial charge >= 0.3 is 36.2 Å². The summed E-state index contributed by atoms with van der Waals surface area (Å²) in [5.74, 6) is 0.429. The topological polar surface area (TPSA) is 102 Å². The molecule has 0 N–H and O–H groups in total. The van der Waals surface area contributed by atoms with Gasteiger partial charge in [0.15, 0.2) is 0 Å². The predicted molar refractivity (Wildman–Crippen MR) is 380 cm³/mol. The van der Waals surface area contributed by atoms with Crippen LogP contribution in [0.4, 0.5) is 30.7 Å². The first-order chi connectivity index (χ1) is 42.9. The normalized spacial score (nSPS) is 13.3. The highest BCUT2D eigenvalue weighted by molar-refractivity contribution is 6.92. The number of hydrogen-bond donors (Lipinski definition) is 0. The van der Waals surface area contributed by atoms with Gasteiger partial charge in [-0.2, -0.15) is 17.6 Å². The molecule has 534 valence electrons. The third kappa shape index (κ3) is 34.5. The van der Waals surface area contributed by atoms with Crippen LogP contribution in [0.3, 0.4) is 0 Å². The molecule has 0 aliphatic carbocycles. The number of rotatable bonds is 46. The molecule has 0 saturated carbocycles. The minimum Gasteiger partial charge on any atom is -0.377 e. The molecule has 0 saturated heterocycles. The maximum atomic E-state index is 14.6. The highest BCUT2D eigenvalue weighted by Crippen LogP contribution is 2.30. The van der Waals surface area contributed by atoms with Crippen molar-refractivity contribution in [2.24, 2.45) is 0 Å². The summed E-state index contributed by atoms with van der Waals surface area (Å²) in [6, 6.07) is 33.3. The van der Waals surface area contributed by atoms with Gasteiger partial charge in [-0.15, -0.1) is 13.2 Å². The second-order valence-electron chi connectivity index (χ2n) is 27.9. The highest BCUT2D eigenvalue weighted by Gasteiger charge is 2.39. The summed E-state index contributed by atoms with van der Waals surface area (Å²) in [6.45, 7) is 26.6. The molecule has 0 heterocycles. The first kappa shape index (κ1) is 88.0. The largest absolute Gasteiger partial charge is 0.522 e. The Bertz CT molecular complexity index is 2360. The van der Waals surface area contributed by atoms with E-state index in [4.69, 9.17) is 40.8 Å². The van der Waals surface area contributed by atoms with Gasteiger partial charge in [-0.25, -0.2) is 0 Å². The molecule has 0 fully saturated rings. The molecule has 0 atom stereocenters. The number of halogens is 7. The lowest BCUT2D eigenvalue weighted by Crippen LogP contribution is -2.45. The zero-order valence-corrected chi connectivity index (χ0v) is 66.3. The lowest BCUT2D eigenvalue weighted by atomic mass is 9.84. The van der Waals surface area contributed by atoms with E-state index in [9.17, 15) is 30.7 Å². The zero-order chi connectivity index (χ0) is 70.0. The Kier molecular flexibility index (Phi) is 40.9. The van der Waals surface area contributed by atoms with Crippen LogP contribution in [0.2, 0.25) is 88.6 Å². The van der Waals surface area contributed by atoms with E-state index in [0.717, 1.165) is 62.5 Å².